The fourth-order valence-corrected chi connectivity index (χ4v) is 4.43. The lowest BCUT2D eigenvalue weighted by atomic mass is 9.76. The highest BCUT2D eigenvalue weighted by Crippen LogP contribution is 2.50. The molecule has 2 saturated heterocycles. The molecule has 0 aliphatic carbocycles. The predicted octanol–water partition coefficient (Wildman–Crippen LogP) is 3.36. The fraction of sp³-hybridized carbons (Fsp3) is 0.529. The van der Waals surface area contributed by atoms with E-state index in [2.05, 4.69) is 34.2 Å². The van der Waals surface area contributed by atoms with Gasteiger partial charge < -0.3 is 10.00 Å². The summed E-state index contributed by atoms with van der Waals surface area (Å²) in [6.45, 7) is 1.88. The summed E-state index contributed by atoms with van der Waals surface area (Å²) in [6, 6.07) is 9.40. The Hall–Kier alpha value is -1.14. The molecule has 4 rings (SSSR count). The molecule has 7 heteroatoms. The second-order valence-corrected chi connectivity index (χ2v) is 7.00. The van der Waals surface area contributed by atoms with Crippen molar-refractivity contribution in [3.05, 3.63) is 46.6 Å². The molecule has 2 bridgehead atoms. The van der Waals surface area contributed by atoms with Crippen LogP contribution < -0.4 is 0 Å². The van der Waals surface area contributed by atoms with Crippen LogP contribution in [0.25, 0.3) is 0 Å². The number of aryl methyl sites for hydroxylation is 1. The number of aromatic nitrogens is 2. The Labute approximate surface area is 153 Å². The first kappa shape index (κ1) is 19.2. The molecule has 2 aliphatic rings. The smallest absolute Gasteiger partial charge is 0.231 e. The van der Waals surface area contributed by atoms with Gasteiger partial charge in [-0.2, -0.15) is 4.98 Å². The summed E-state index contributed by atoms with van der Waals surface area (Å²) >= 11 is 6.05. The molecule has 0 spiro atoms. The number of fused-ring (bicyclic) bond motifs is 2. The van der Waals surface area contributed by atoms with Crippen molar-refractivity contribution in [3.63, 3.8) is 0 Å². The number of hydrogen-bond donors (Lipinski definition) is 0. The van der Waals surface area contributed by atoms with Crippen molar-refractivity contribution in [2.75, 3.05) is 7.05 Å². The average molecular weight is 372 g/mol. The van der Waals surface area contributed by atoms with E-state index in [0.29, 0.717) is 23.8 Å². The molecule has 3 heterocycles. The van der Waals surface area contributed by atoms with Gasteiger partial charge in [-0.15, -0.1) is 12.4 Å². The van der Waals surface area contributed by atoms with Gasteiger partial charge in [0.2, 0.25) is 5.89 Å². The van der Waals surface area contributed by atoms with Gasteiger partial charge >= 0.3 is 0 Å². The van der Waals surface area contributed by atoms with Crippen molar-refractivity contribution >= 4 is 24.0 Å². The second-order valence-electron chi connectivity index (χ2n) is 6.56. The Bertz CT molecular complexity index is 677. The van der Waals surface area contributed by atoms with Crippen LogP contribution >= 0.6 is 24.0 Å². The summed E-state index contributed by atoms with van der Waals surface area (Å²) in [7, 11) is 2.23. The number of nitrogens with zero attached hydrogens (tertiary/aromatic N) is 3. The maximum Gasteiger partial charge on any atom is 0.231 e. The van der Waals surface area contributed by atoms with E-state index in [-0.39, 0.29) is 23.8 Å². The van der Waals surface area contributed by atoms with Crippen LogP contribution in [0.1, 0.15) is 48.4 Å². The van der Waals surface area contributed by atoms with E-state index in [4.69, 9.17) is 16.1 Å². The zero-order valence-corrected chi connectivity index (χ0v) is 15.3. The van der Waals surface area contributed by atoms with E-state index < -0.39 is 0 Å². The lowest BCUT2D eigenvalue weighted by Crippen LogP contribution is -2.44. The molecule has 24 heavy (non-hydrogen) atoms. The summed E-state index contributed by atoms with van der Waals surface area (Å²) in [5, 5.41) is 4.80. The molecule has 2 aromatic rings. The molecule has 0 saturated carbocycles. The summed E-state index contributed by atoms with van der Waals surface area (Å²) in [6.07, 6.45) is 3.60. The lowest BCUT2D eigenvalue weighted by molar-refractivity contribution is 0.120. The van der Waals surface area contributed by atoms with Crippen molar-refractivity contribution in [1.29, 1.82) is 0 Å². The molecule has 1 aromatic heterocycles. The Balaban J connectivity index is 0.00000104. The Morgan fingerprint density at radius 3 is 2.54 bits per heavy atom. The summed E-state index contributed by atoms with van der Waals surface area (Å²) in [5.41, 5.74) is 1.33. The average Bonchev–Trinajstić information content (AvgIpc) is 3.02. The lowest BCUT2D eigenvalue weighted by Gasteiger charge is -2.41. The minimum absolute atomic E-state index is 0. The van der Waals surface area contributed by atoms with Gasteiger partial charge in [0, 0.05) is 17.1 Å². The minimum atomic E-state index is 0. The minimum Gasteiger partial charge on any atom is -0.412 e. The summed E-state index contributed by atoms with van der Waals surface area (Å²) in [5.74, 6) is 2.19. The largest absolute Gasteiger partial charge is 0.412 e. The van der Waals surface area contributed by atoms with Gasteiger partial charge in [-0.3, -0.25) is 4.90 Å². The number of halogens is 2. The molecule has 2 unspecified atom stereocenters. The van der Waals surface area contributed by atoms with Crippen LogP contribution in [0, 0.1) is 6.92 Å². The topological polar surface area (TPSA) is 73.7 Å². The third-order valence-corrected chi connectivity index (χ3v) is 5.65. The van der Waals surface area contributed by atoms with Crippen molar-refractivity contribution in [1.82, 2.24) is 15.0 Å². The van der Waals surface area contributed by atoms with Crippen LogP contribution in [0.15, 0.2) is 28.8 Å². The molecule has 0 radical (unpaired) electrons. The van der Waals surface area contributed by atoms with Crippen molar-refractivity contribution < 1.29 is 10.00 Å². The number of benzene rings is 1. The van der Waals surface area contributed by atoms with Gasteiger partial charge in [0.25, 0.3) is 0 Å². The molecule has 2 N–H and O–H groups in total. The predicted molar refractivity (Wildman–Crippen MR) is 96.0 cm³/mol. The zero-order chi connectivity index (χ0) is 15.3. The van der Waals surface area contributed by atoms with E-state index >= 15 is 0 Å². The van der Waals surface area contributed by atoms with Crippen LogP contribution in [0.4, 0.5) is 0 Å². The van der Waals surface area contributed by atoms with Gasteiger partial charge in [-0.05, 0) is 56.8 Å². The van der Waals surface area contributed by atoms with E-state index in [1.165, 1.54) is 18.4 Å². The maximum atomic E-state index is 6.05. The Morgan fingerprint density at radius 1 is 1.21 bits per heavy atom. The summed E-state index contributed by atoms with van der Waals surface area (Å²) < 4.78 is 5.56. The highest BCUT2D eigenvalue weighted by atomic mass is 35.5. The van der Waals surface area contributed by atoms with E-state index in [1.807, 2.05) is 19.1 Å². The molecule has 4 atom stereocenters. The van der Waals surface area contributed by atoms with Gasteiger partial charge in [0.1, 0.15) is 0 Å². The number of piperidine rings is 1. The van der Waals surface area contributed by atoms with Gasteiger partial charge in [0.05, 0.1) is 5.92 Å². The first-order valence-electron chi connectivity index (χ1n) is 7.91. The fourth-order valence-electron chi connectivity index (χ4n) is 4.30. The van der Waals surface area contributed by atoms with Crippen molar-refractivity contribution in [2.24, 2.45) is 0 Å². The van der Waals surface area contributed by atoms with Crippen molar-refractivity contribution in [2.45, 2.75) is 50.1 Å². The molecule has 1 aromatic carbocycles. The Morgan fingerprint density at radius 2 is 1.92 bits per heavy atom. The van der Waals surface area contributed by atoms with E-state index in [9.17, 15) is 0 Å². The van der Waals surface area contributed by atoms with Crippen LogP contribution in [0.3, 0.4) is 0 Å². The molecule has 2 fully saturated rings. The van der Waals surface area contributed by atoms with Crippen LogP contribution in [-0.4, -0.2) is 39.6 Å². The standard InChI is InChI=1S/C17H20ClN3O.ClH.H2O/c1-10-19-17(22-20-10)16-14(11-3-5-12(18)6-4-11)9-13-7-8-15(16)21(13)2;;/h3-6,13-16H,7-9H2,1-2H3;1H;1H2/t13-,14-,15?,16?;;/m1../s1. The van der Waals surface area contributed by atoms with Crippen LogP contribution in [0.5, 0.6) is 0 Å². The molecular formula is C17H23Cl2N3O2. The molecule has 132 valence electrons. The zero-order valence-electron chi connectivity index (χ0n) is 13.8. The highest BCUT2D eigenvalue weighted by Gasteiger charge is 2.48. The first-order chi connectivity index (χ1) is 10.6. The highest BCUT2D eigenvalue weighted by molar-refractivity contribution is 6.30. The Kier molecular flexibility index (Phi) is 5.91. The van der Waals surface area contributed by atoms with Gasteiger partial charge in [-0.1, -0.05) is 28.9 Å². The molecule has 2 aliphatic heterocycles. The quantitative estimate of drug-likeness (QED) is 0.810. The number of hydrogen-bond acceptors (Lipinski definition) is 4. The van der Waals surface area contributed by atoms with E-state index in [0.717, 1.165) is 17.3 Å². The second kappa shape index (κ2) is 7.40. The third kappa shape index (κ3) is 3.18. The third-order valence-electron chi connectivity index (χ3n) is 5.40. The normalized spacial score (nSPS) is 29.0. The number of rotatable bonds is 2. The van der Waals surface area contributed by atoms with E-state index in [1.54, 1.807) is 0 Å². The summed E-state index contributed by atoms with van der Waals surface area (Å²) in [4.78, 5) is 7.06. The van der Waals surface area contributed by atoms with Crippen LogP contribution in [-0.2, 0) is 0 Å². The number of likely N-dealkylation sites (N-methyl/N-ethyl adjacent to an activating group) is 1. The monoisotopic (exact) mass is 371 g/mol. The first-order valence-corrected chi connectivity index (χ1v) is 8.29. The van der Waals surface area contributed by atoms with Crippen LogP contribution in [0.2, 0.25) is 5.02 Å². The SMILES string of the molecule is Cc1noc(C2C3CC[C@H](C[C@@H]2c2ccc(Cl)cc2)N3C)n1.Cl.O. The maximum absolute atomic E-state index is 6.05. The van der Waals surface area contributed by atoms with Crippen molar-refractivity contribution in [3.8, 4) is 0 Å². The van der Waals surface area contributed by atoms with Gasteiger partial charge in [0.15, 0.2) is 5.82 Å². The molecular weight excluding hydrogens is 349 g/mol. The molecule has 5 nitrogen and oxygen atoms in total. The molecule has 0 amide bonds. The van der Waals surface area contributed by atoms with Gasteiger partial charge in [-0.25, -0.2) is 0 Å².